The second-order valence-corrected chi connectivity index (χ2v) is 5.39. The van der Waals surface area contributed by atoms with E-state index in [1.165, 1.54) is 19.3 Å². The van der Waals surface area contributed by atoms with E-state index < -0.39 is 0 Å². The Balaban J connectivity index is 1.87. The van der Waals surface area contributed by atoms with Crippen LogP contribution < -0.4 is 5.32 Å². The van der Waals surface area contributed by atoms with E-state index in [4.69, 9.17) is 4.52 Å². The summed E-state index contributed by atoms with van der Waals surface area (Å²) < 4.78 is 5.32. The van der Waals surface area contributed by atoms with Gasteiger partial charge in [0.15, 0.2) is 5.82 Å². The molecule has 0 saturated heterocycles. The Morgan fingerprint density at radius 2 is 2.29 bits per heavy atom. The third-order valence-electron chi connectivity index (χ3n) is 3.83. The van der Waals surface area contributed by atoms with Crippen LogP contribution in [0.4, 0.5) is 0 Å². The summed E-state index contributed by atoms with van der Waals surface area (Å²) in [5.41, 5.74) is 0. The van der Waals surface area contributed by atoms with Crippen molar-refractivity contribution in [3.63, 3.8) is 0 Å². The molecule has 17 heavy (non-hydrogen) atoms. The van der Waals surface area contributed by atoms with Gasteiger partial charge in [-0.05, 0) is 45.6 Å². The second kappa shape index (κ2) is 5.63. The molecule has 1 heterocycles. The lowest BCUT2D eigenvalue weighted by atomic mass is 10.1. The Hall–Kier alpha value is -0.900. The topological polar surface area (TPSA) is 51.0 Å². The maximum absolute atomic E-state index is 5.32. The van der Waals surface area contributed by atoms with Gasteiger partial charge in [-0.2, -0.15) is 4.98 Å². The first kappa shape index (κ1) is 12.6. The van der Waals surface area contributed by atoms with Gasteiger partial charge in [0.2, 0.25) is 5.89 Å². The van der Waals surface area contributed by atoms with Crippen LogP contribution in [0.3, 0.4) is 0 Å². The largest absolute Gasteiger partial charge is 0.339 e. The van der Waals surface area contributed by atoms with Crippen LogP contribution in [0.25, 0.3) is 0 Å². The van der Waals surface area contributed by atoms with Gasteiger partial charge in [-0.1, -0.05) is 12.1 Å². The van der Waals surface area contributed by atoms with Crippen molar-refractivity contribution in [3.8, 4) is 0 Å². The summed E-state index contributed by atoms with van der Waals surface area (Å²) in [6, 6.07) is 0.497. The first-order chi connectivity index (χ1) is 8.19. The summed E-state index contributed by atoms with van der Waals surface area (Å²) in [5.74, 6) is 3.07. The molecule has 0 aromatic carbocycles. The average Bonchev–Trinajstić information content (AvgIpc) is 2.94. The molecular weight excluding hydrogens is 214 g/mol. The quantitative estimate of drug-likeness (QED) is 0.855. The summed E-state index contributed by atoms with van der Waals surface area (Å²) in [6.45, 7) is 4.46. The van der Waals surface area contributed by atoms with Crippen molar-refractivity contribution < 1.29 is 4.52 Å². The van der Waals surface area contributed by atoms with E-state index >= 15 is 0 Å². The van der Waals surface area contributed by atoms with Crippen molar-refractivity contribution in [2.75, 3.05) is 7.05 Å². The molecule has 4 heteroatoms. The number of nitrogens with one attached hydrogen (secondary N) is 1. The van der Waals surface area contributed by atoms with Crippen LogP contribution in [0.2, 0.25) is 0 Å². The van der Waals surface area contributed by atoms with Gasteiger partial charge in [-0.25, -0.2) is 0 Å². The first-order valence-electron chi connectivity index (χ1n) is 6.68. The van der Waals surface area contributed by atoms with Crippen LogP contribution in [-0.4, -0.2) is 23.2 Å². The Morgan fingerprint density at radius 1 is 1.47 bits per heavy atom. The van der Waals surface area contributed by atoms with Gasteiger partial charge >= 0.3 is 0 Å². The molecule has 4 nitrogen and oxygen atoms in total. The van der Waals surface area contributed by atoms with Crippen LogP contribution in [0.15, 0.2) is 4.52 Å². The number of rotatable bonds is 5. The molecule has 2 rings (SSSR count). The van der Waals surface area contributed by atoms with Gasteiger partial charge in [0, 0.05) is 18.4 Å². The predicted molar refractivity (Wildman–Crippen MR) is 66.9 cm³/mol. The van der Waals surface area contributed by atoms with Gasteiger partial charge in [0.25, 0.3) is 0 Å². The minimum Gasteiger partial charge on any atom is -0.339 e. The fraction of sp³-hybridized carbons (Fsp3) is 0.846. The number of aromatic nitrogens is 2. The minimum absolute atomic E-state index is 0.497. The van der Waals surface area contributed by atoms with E-state index in [9.17, 15) is 0 Å². The lowest BCUT2D eigenvalue weighted by Gasteiger charge is -2.06. The van der Waals surface area contributed by atoms with E-state index in [0.29, 0.717) is 12.0 Å². The highest BCUT2D eigenvalue weighted by Gasteiger charge is 2.26. The van der Waals surface area contributed by atoms with E-state index in [-0.39, 0.29) is 0 Å². The molecule has 1 aromatic heterocycles. The second-order valence-electron chi connectivity index (χ2n) is 5.39. The van der Waals surface area contributed by atoms with Crippen molar-refractivity contribution in [2.24, 2.45) is 5.92 Å². The zero-order valence-corrected chi connectivity index (χ0v) is 11.1. The molecule has 1 aliphatic rings. The van der Waals surface area contributed by atoms with Crippen LogP contribution in [0.5, 0.6) is 0 Å². The normalized spacial score (nSPS) is 26.3. The van der Waals surface area contributed by atoms with Crippen molar-refractivity contribution in [1.82, 2.24) is 15.5 Å². The Labute approximate surface area is 103 Å². The lowest BCUT2D eigenvalue weighted by Crippen LogP contribution is -2.21. The third kappa shape index (κ3) is 3.28. The monoisotopic (exact) mass is 237 g/mol. The zero-order chi connectivity index (χ0) is 12.3. The molecule has 0 aliphatic heterocycles. The molecule has 3 unspecified atom stereocenters. The summed E-state index contributed by atoms with van der Waals surface area (Å²) in [6.07, 6.45) is 5.64. The Morgan fingerprint density at radius 3 is 2.94 bits per heavy atom. The Bertz CT molecular complexity index is 350. The number of hydrogen-bond acceptors (Lipinski definition) is 4. The summed E-state index contributed by atoms with van der Waals surface area (Å²) in [7, 11) is 1.98. The Kier molecular flexibility index (Phi) is 4.15. The molecule has 0 amide bonds. The smallest absolute Gasteiger partial charge is 0.226 e. The molecule has 1 fully saturated rings. The van der Waals surface area contributed by atoms with Crippen molar-refractivity contribution >= 4 is 0 Å². The van der Waals surface area contributed by atoms with Gasteiger partial charge in [0.05, 0.1) is 0 Å². The van der Waals surface area contributed by atoms with E-state index in [1.54, 1.807) is 0 Å². The van der Waals surface area contributed by atoms with Crippen LogP contribution in [0, 0.1) is 5.92 Å². The molecule has 3 atom stereocenters. The molecule has 1 N–H and O–H groups in total. The van der Waals surface area contributed by atoms with Gasteiger partial charge in [-0.3, -0.25) is 0 Å². The standard InChI is InChI=1S/C13H23N3O/c1-9-4-6-11(8-9)13-15-12(17-16-13)7-5-10(2)14-3/h9-11,14H,4-8H2,1-3H3. The molecule has 0 bridgehead atoms. The van der Waals surface area contributed by atoms with E-state index in [0.717, 1.165) is 30.5 Å². The minimum atomic E-state index is 0.497. The third-order valence-corrected chi connectivity index (χ3v) is 3.83. The number of hydrogen-bond donors (Lipinski definition) is 1. The number of nitrogens with zero attached hydrogens (tertiary/aromatic N) is 2. The molecule has 96 valence electrons. The lowest BCUT2D eigenvalue weighted by molar-refractivity contribution is 0.361. The van der Waals surface area contributed by atoms with Crippen molar-refractivity contribution in [2.45, 2.75) is 57.9 Å². The first-order valence-corrected chi connectivity index (χ1v) is 6.68. The molecule has 1 aliphatic carbocycles. The SMILES string of the molecule is CNC(C)CCc1nc(C2CCC(C)C2)no1. The maximum atomic E-state index is 5.32. The summed E-state index contributed by atoms with van der Waals surface area (Å²) in [5, 5.41) is 7.34. The highest BCUT2D eigenvalue weighted by Crippen LogP contribution is 2.36. The summed E-state index contributed by atoms with van der Waals surface area (Å²) in [4.78, 5) is 4.53. The predicted octanol–water partition coefficient (Wildman–Crippen LogP) is 2.51. The zero-order valence-electron chi connectivity index (χ0n) is 11.1. The number of aryl methyl sites for hydroxylation is 1. The molecule has 1 aromatic rings. The summed E-state index contributed by atoms with van der Waals surface area (Å²) >= 11 is 0. The van der Waals surface area contributed by atoms with Gasteiger partial charge < -0.3 is 9.84 Å². The molecular formula is C13H23N3O. The highest BCUT2D eigenvalue weighted by molar-refractivity contribution is 4.99. The molecule has 0 spiro atoms. The van der Waals surface area contributed by atoms with Crippen LogP contribution >= 0.6 is 0 Å². The van der Waals surface area contributed by atoms with Gasteiger partial charge in [-0.15, -0.1) is 0 Å². The van der Waals surface area contributed by atoms with E-state index in [2.05, 4.69) is 29.3 Å². The molecule has 1 saturated carbocycles. The van der Waals surface area contributed by atoms with Crippen molar-refractivity contribution in [1.29, 1.82) is 0 Å². The van der Waals surface area contributed by atoms with E-state index in [1.807, 2.05) is 7.05 Å². The van der Waals surface area contributed by atoms with Crippen LogP contribution in [-0.2, 0) is 6.42 Å². The average molecular weight is 237 g/mol. The highest BCUT2D eigenvalue weighted by atomic mass is 16.5. The van der Waals surface area contributed by atoms with Crippen molar-refractivity contribution in [3.05, 3.63) is 11.7 Å². The van der Waals surface area contributed by atoms with Crippen LogP contribution in [0.1, 0.15) is 57.2 Å². The fourth-order valence-electron chi connectivity index (χ4n) is 2.46. The maximum Gasteiger partial charge on any atom is 0.226 e. The molecule has 0 radical (unpaired) electrons. The fourth-order valence-corrected chi connectivity index (χ4v) is 2.46. The van der Waals surface area contributed by atoms with Gasteiger partial charge in [0.1, 0.15) is 0 Å².